The molecule has 7 heteroatoms. The number of benzene rings is 3. The molecule has 0 saturated carbocycles. The lowest BCUT2D eigenvalue weighted by Crippen LogP contribution is -2.03. The summed E-state index contributed by atoms with van der Waals surface area (Å²) in [7, 11) is 1.51. The normalized spacial score (nSPS) is 10.7. The van der Waals surface area contributed by atoms with Crippen molar-refractivity contribution < 1.29 is 14.7 Å². The highest BCUT2D eigenvalue weighted by Crippen LogP contribution is 2.36. The molecule has 0 fully saturated rings. The van der Waals surface area contributed by atoms with Gasteiger partial charge in [0.15, 0.2) is 0 Å². The molecule has 0 unspecified atom stereocenters. The molecule has 0 radical (unpaired) electrons. The van der Waals surface area contributed by atoms with E-state index in [2.05, 4.69) is 10.5 Å². The van der Waals surface area contributed by atoms with Crippen molar-refractivity contribution in [2.75, 3.05) is 12.6 Å². The molecule has 1 aromatic heterocycles. The van der Waals surface area contributed by atoms with Gasteiger partial charge in [-0.05, 0) is 23.8 Å². The van der Waals surface area contributed by atoms with Crippen LogP contribution in [0.3, 0.4) is 0 Å². The number of nitrogens with zero attached hydrogens (tertiary/aromatic N) is 1. The average molecular weight is 437 g/mol. The van der Waals surface area contributed by atoms with E-state index >= 15 is 0 Å². The molecule has 0 saturated heterocycles. The van der Waals surface area contributed by atoms with Crippen LogP contribution >= 0.6 is 22.9 Å². The van der Waals surface area contributed by atoms with Gasteiger partial charge in [-0.25, -0.2) is 9.78 Å². The number of halogens is 1. The van der Waals surface area contributed by atoms with Crippen molar-refractivity contribution in [1.29, 1.82) is 0 Å². The van der Waals surface area contributed by atoms with Gasteiger partial charge >= 0.3 is 5.97 Å². The van der Waals surface area contributed by atoms with Gasteiger partial charge in [0.1, 0.15) is 5.01 Å². The lowest BCUT2D eigenvalue weighted by Gasteiger charge is -2.13. The summed E-state index contributed by atoms with van der Waals surface area (Å²) in [6.07, 6.45) is 0. The van der Waals surface area contributed by atoms with Gasteiger partial charge in [-0.1, -0.05) is 60.1 Å². The molecule has 2 N–H and O–H groups in total. The summed E-state index contributed by atoms with van der Waals surface area (Å²) in [4.78, 5) is 21.7. The van der Waals surface area contributed by atoms with Crippen LogP contribution in [0.2, 0.25) is 5.02 Å². The summed E-state index contributed by atoms with van der Waals surface area (Å²) in [5.74, 6) is -1.01. The van der Waals surface area contributed by atoms with Gasteiger partial charge in [-0.3, -0.25) is 10.3 Å². The quantitative estimate of drug-likeness (QED) is 0.339. The fraction of sp³-hybridized carbons (Fsp3) is 0.0435. The Morgan fingerprint density at radius 1 is 1.03 bits per heavy atom. The molecular weight excluding hydrogens is 420 g/mol. The maximum atomic E-state index is 12.0. The first-order valence-corrected chi connectivity index (χ1v) is 10.3. The second-order valence-electron chi connectivity index (χ2n) is 6.44. The zero-order valence-electron chi connectivity index (χ0n) is 15.9. The van der Waals surface area contributed by atoms with Crippen LogP contribution < -0.4 is 5.48 Å². The summed E-state index contributed by atoms with van der Waals surface area (Å²) in [5, 5.41) is 13.1. The van der Waals surface area contributed by atoms with Crippen LogP contribution in [-0.2, 0) is 4.84 Å². The third-order valence-electron chi connectivity index (χ3n) is 4.58. The molecule has 30 heavy (non-hydrogen) atoms. The number of hydrogen-bond acceptors (Lipinski definition) is 5. The molecule has 0 aliphatic carbocycles. The second kappa shape index (κ2) is 8.67. The lowest BCUT2D eigenvalue weighted by molar-refractivity contribution is 0.0698. The molecule has 3 aromatic carbocycles. The molecule has 0 spiro atoms. The monoisotopic (exact) mass is 436 g/mol. The zero-order valence-corrected chi connectivity index (χ0v) is 17.5. The van der Waals surface area contributed by atoms with Crippen LogP contribution in [0.4, 0.5) is 5.69 Å². The van der Waals surface area contributed by atoms with Gasteiger partial charge in [0, 0.05) is 27.1 Å². The third kappa shape index (κ3) is 3.93. The Bertz CT molecular complexity index is 1220. The van der Waals surface area contributed by atoms with Crippen LogP contribution in [0.5, 0.6) is 0 Å². The van der Waals surface area contributed by atoms with E-state index in [1.165, 1.54) is 18.4 Å². The number of nitrogens with one attached hydrogen (secondary N) is 1. The summed E-state index contributed by atoms with van der Waals surface area (Å²) in [5.41, 5.74) is 7.34. The number of carboxylic acids is 1. The number of anilines is 1. The highest BCUT2D eigenvalue weighted by molar-refractivity contribution is 7.13. The van der Waals surface area contributed by atoms with Crippen LogP contribution in [-0.4, -0.2) is 23.2 Å². The molecule has 150 valence electrons. The van der Waals surface area contributed by atoms with Crippen molar-refractivity contribution in [3.63, 3.8) is 0 Å². The van der Waals surface area contributed by atoms with E-state index in [0.717, 1.165) is 27.4 Å². The summed E-state index contributed by atoms with van der Waals surface area (Å²) in [6, 6.07) is 20.2. The predicted octanol–water partition coefficient (Wildman–Crippen LogP) is 6.47. The van der Waals surface area contributed by atoms with Gasteiger partial charge in [0.25, 0.3) is 0 Å². The molecule has 1 heterocycles. The molecule has 0 aliphatic heterocycles. The number of thiazole rings is 1. The van der Waals surface area contributed by atoms with Crippen LogP contribution in [0.1, 0.15) is 10.4 Å². The average Bonchev–Trinajstić information content (AvgIpc) is 3.24. The smallest absolute Gasteiger partial charge is 0.336 e. The minimum Gasteiger partial charge on any atom is -0.478 e. The Balaban J connectivity index is 1.77. The van der Waals surface area contributed by atoms with E-state index in [0.29, 0.717) is 16.3 Å². The SMILES string of the molecule is CONc1ccccc1-c1ccc(-c2nc(-c3ccccc3Cl)cs2)cc1C(=O)O. The molecule has 0 aliphatic rings. The lowest BCUT2D eigenvalue weighted by atomic mass is 9.96. The Morgan fingerprint density at radius 2 is 1.77 bits per heavy atom. The number of hydrogen-bond donors (Lipinski definition) is 2. The largest absolute Gasteiger partial charge is 0.478 e. The number of aromatic nitrogens is 1. The predicted molar refractivity (Wildman–Crippen MR) is 121 cm³/mol. The van der Waals surface area contributed by atoms with E-state index in [9.17, 15) is 9.90 Å². The molecular formula is C23H17ClN2O3S. The van der Waals surface area contributed by atoms with Crippen molar-refractivity contribution in [3.8, 4) is 33.0 Å². The fourth-order valence-electron chi connectivity index (χ4n) is 3.20. The van der Waals surface area contributed by atoms with Crippen LogP contribution in [0, 0.1) is 0 Å². The molecule has 0 amide bonds. The van der Waals surface area contributed by atoms with Crippen molar-refractivity contribution in [2.45, 2.75) is 0 Å². The van der Waals surface area contributed by atoms with Gasteiger partial charge in [0.2, 0.25) is 0 Å². The minimum absolute atomic E-state index is 0.187. The van der Waals surface area contributed by atoms with Crippen molar-refractivity contribution >= 4 is 34.6 Å². The van der Waals surface area contributed by atoms with E-state index in [-0.39, 0.29) is 5.56 Å². The standard InChI is InChI=1S/C23H17ClN2O3S/c1-29-26-20-9-5-3-6-16(20)15-11-10-14(12-18(15)23(27)28)22-25-21(13-30-22)17-7-2-4-8-19(17)24/h2-13,26H,1H3,(H,27,28). The highest BCUT2D eigenvalue weighted by Gasteiger charge is 2.17. The van der Waals surface area contributed by atoms with Gasteiger partial charge < -0.3 is 5.11 Å². The first-order chi connectivity index (χ1) is 14.6. The highest BCUT2D eigenvalue weighted by atomic mass is 35.5. The maximum Gasteiger partial charge on any atom is 0.336 e. The van der Waals surface area contributed by atoms with E-state index < -0.39 is 5.97 Å². The third-order valence-corrected chi connectivity index (χ3v) is 5.80. The molecule has 0 atom stereocenters. The first-order valence-electron chi connectivity index (χ1n) is 9.05. The number of aromatic carboxylic acids is 1. The summed E-state index contributed by atoms with van der Waals surface area (Å²) < 4.78 is 0. The number of rotatable bonds is 6. The molecule has 0 bridgehead atoms. The van der Waals surface area contributed by atoms with Crippen LogP contribution in [0.25, 0.3) is 33.0 Å². The minimum atomic E-state index is -1.01. The summed E-state index contributed by atoms with van der Waals surface area (Å²) >= 11 is 7.73. The van der Waals surface area contributed by atoms with Crippen molar-refractivity contribution in [1.82, 2.24) is 4.98 Å². The Kier molecular flexibility index (Phi) is 5.81. The topological polar surface area (TPSA) is 71.5 Å². The van der Waals surface area contributed by atoms with E-state index in [1.807, 2.05) is 60.0 Å². The number of carbonyl (C=O) groups is 1. The number of para-hydroxylation sites is 1. The summed E-state index contributed by atoms with van der Waals surface area (Å²) in [6.45, 7) is 0. The Labute approximate surface area is 182 Å². The Morgan fingerprint density at radius 3 is 2.50 bits per heavy atom. The zero-order chi connectivity index (χ0) is 21.1. The van der Waals surface area contributed by atoms with Gasteiger partial charge in [-0.15, -0.1) is 11.3 Å². The molecule has 4 rings (SSSR count). The Hall–Kier alpha value is -3.19. The number of carboxylic acid groups (broad SMARTS) is 1. The molecule has 4 aromatic rings. The second-order valence-corrected chi connectivity index (χ2v) is 7.70. The van der Waals surface area contributed by atoms with E-state index in [1.54, 1.807) is 12.1 Å². The maximum absolute atomic E-state index is 12.0. The van der Waals surface area contributed by atoms with E-state index in [4.69, 9.17) is 16.4 Å². The first kappa shape index (κ1) is 20.1. The fourth-order valence-corrected chi connectivity index (χ4v) is 4.25. The van der Waals surface area contributed by atoms with Gasteiger partial charge in [-0.2, -0.15) is 0 Å². The van der Waals surface area contributed by atoms with Gasteiger partial charge in [0.05, 0.1) is 24.1 Å². The van der Waals surface area contributed by atoms with Crippen LogP contribution in [0.15, 0.2) is 72.1 Å². The van der Waals surface area contributed by atoms with Crippen molar-refractivity contribution in [3.05, 3.63) is 82.7 Å². The van der Waals surface area contributed by atoms with Crippen molar-refractivity contribution in [2.24, 2.45) is 0 Å². The molecule has 5 nitrogen and oxygen atoms in total.